The molecule has 0 bridgehead atoms. The lowest BCUT2D eigenvalue weighted by molar-refractivity contribution is -0.182. The number of hydrogen-bond donors (Lipinski definition) is 4. The molecule has 6 atom stereocenters. The Balaban J connectivity index is 1.90. The van der Waals surface area contributed by atoms with E-state index in [9.17, 15) is 33.8 Å². The van der Waals surface area contributed by atoms with E-state index < -0.39 is 76.1 Å². The van der Waals surface area contributed by atoms with Gasteiger partial charge in [-0.1, -0.05) is 6.92 Å². The van der Waals surface area contributed by atoms with Gasteiger partial charge in [-0.15, -0.1) is 0 Å². The molecule has 0 saturated heterocycles. The third-order valence-corrected chi connectivity index (χ3v) is 7.59. The second kappa shape index (κ2) is 6.82. The van der Waals surface area contributed by atoms with Gasteiger partial charge in [-0.3, -0.25) is 24.1 Å². The predicted molar refractivity (Wildman–Crippen MR) is 110 cm³/mol. The predicted octanol–water partition coefficient (Wildman–Crippen LogP) is -0.201. The molecule has 32 heavy (non-hydrogen) atoms. The molecule has 1 amide bonds. The largest absolute Gasteiger partial charge is 0.505 e. The molecule has 0 heterocycles. The molecule has 4 rings (SSSR count). The van der Waals surface area contributed by atoms with E-state index in [2.05, 4.69) is 0 Å². The number of phenols is 1. The zero-order chi connectivity index (χ0) is 23.9. The molecule has 0 aliphatic heterocycles. The lowest BCUT2D eigenvalue weighted by Gasteiger charge is -2.57. The fourth-order valence-electron chi connectivity index (χ4n) is 6.13. The number of nitrogens with two attached hydrogens (primary N) is 2. The van der Waals surface area contributed by atoms with Gasteiger partial charge >= 0.3 is 0 Å². The summed E-state index contributed by atoms with van der Waals surface area (Å²) >= 11 is 0. The minimum absolute atomic E-state index is 0.0442. The molecule has 0 radical (unpaired) electrons. The summed E-state index contributed by atoms with van der Waals surface area (Å²) in [5.74, 6) is -8.20. The van der Waals surface area contributed by atoms with Gasteiger partial charge in [0.1, 0.15) is 23.1 Å². The maximum atomic E-state index is 14.7. The van der Waals surface area contributed by atoms with Gasteiger partial charge in [0, 0.05) is 24.0 Å². The third-order valence-electron chi connectivity index (χ3n) is 7.59. The molecule has 6 N–H and O–H groups in total. The maximum Gasteiger partial charge on any atom is 0.228 e. The Bertz CT molecular complexity index is 1090. The van der Waals surface area contributed by atoms with Crippen LogP contribution in [0.25, 0.3) is 0 Å². The van der Waals surface area contributed by atoms with Crippen LogP contribution in [0.3, 0.4) is 0 Å². The molecule has 2 fully saturated rings. The monoisotopic (exact) mass is 447 g/mol. The van der Waals surface area contributed by atoms with Crippen molar-refractivity contribution in [3.8, 4) is 5.75 Å². The first-order valence-corrected chi connectivity index (χ1v) is 10.3. The normalized spacial score (nSPS) is 36.5. The quantitative estimate of drug-likeness (QED) is 0.275. The van der Waals surface area contributed by atoms with Crippen LogP contribution in [0.5, 0.6) is 5.75 Å². The summed E-state index contributed by atoms with van der Waals surface area (Å²) in [6, 6.07) is -0.0646. The van der Waals surface area contributed by atoms with Crippen molar-refractivity contribution in [2.24, 2.45) is 28.9 Å². The first-order chi connectivity index (χ1) is 14.7. The number of benzene rings is 1. The summed E-state index contributed by atoms with van der Waals surface area (Å²) in [6.45, 7) is 1.64. The van der Waals surface area contributed by atoms with Gasteiger partial charge in [-0.05, 0) is 32.4 Å². The Morgan fingerprint density at radius 1 is 1.25 bits per heavy atom. The minimum atomic E-state index is -2.16. The SMILES string of the molecule is CN(C)[C@@H]1C(=O)C(C(N)=O)C[C@@]2(O)C(=O)C3C(=O)c4c(O)c(N)cc(F)c4C[C@@]3(C)C[C@@H]12. The number of nitrogens with zero attached hydrogens (tertiary/aromatic N) is 1. The average Bonchev–Trinajstić information content (AvgIpc) is 2.67. The Kier molecular flexibility index (Phi) is 4.76. The summed E-state index contributed by atoms with van der Waals surface area (Å²) in [7, 11) is 3.18. The van der Waals surface area contributed by atoms with Crippen molar-refractivity contribution in [3.05, 3.63) is 23.0 Å². The van der Waals surface area contributed by atoms with Gasteiger partial charge in [0.2, 0.25) is 5.91 Å². The number of anilines is 1. The van der Waals surface area contributed by atoms with E-state index in [4.69, 9.17) is 11.5 Å². The van der Waals surface area contributed by atoms with Gasteiger partial charge in [0.05, 0.1) is 23.2 Å². The topological polar surface area (TPSA) is 164 Å². The van der Waals surface area contributed by atoms with Crippen LogP contribution >= 0.6 is 0 Å². The number of fused-ring (bicyclic) bond motifs is 3. The van der Waals surface area contributed by atoms with E-state index in [0.29, 0.717) is 0 Å². The highest BCUT2D eigenvalue weighted by Gasteiger charge is 2.67. The van der Waals surface area contributed by atoms with Gasteiger partial charge in [-0.25, -0.2) is 4.39 Å². The summed E-state index contributed by atoms with van der Waals surface area (Å²) in [4.78, 5) is 53.6. The standard InChI is InChI=1S/C22H26FN3O6/c1-21-5-8-11(23)4-12(24)17(28)13(8)18(29)14(21)19(30)22(32)6-9(20(25)31)16(27)15(26(2)3)10(22)7-21/h4,9-10,14-15,28,32H,5-7,24H2,1-3H3,(H2,25,31)/t9?,10-,14?,15-,21-,22-/m0/s1. The number of ketones is 3. The Hall–Kier alpha value is -2.85. The molecular formula is C22H26FN3O6. The highest BCUT2D eigenvalue weighted by molar-refractivity contribution is 6.18. The Labute approximate surface area is 183 Å². The van der Waals surface area contributed by atoms with Crippen molar-refractivity contribution in [1.29, 1.82) is 0 Å². The van der Waals surface area contributed by atoms with Crippen LogP contribution < -0.4 is 11.5 Å². The van der Waals surface area contributed by atoms with E-state index in [1.54, 1.807) is 21.0 Å². The van der Waals surface area contributed by atoms with Crippen LogP contribution in [-0.4, -0.2) is 64.1 Å². The van der Waals surface area contributed by atoms with Crippen molar-refractivity contribution in [1.82, 2.24) is 4.90 Å². The van der Waals surface area contributed by atoms with Crippen molar-refractivity contribution >= 4 is 28.9 Å². The number of Topliss-reactive ketones (excluding diaryl/α,β-unsaturated/α-hetero) is 3. The number of nitrogen functional groups attached to an aromatic ring is 1. The van der Waals surface area contributed by atoms with E-state index in [1.807, 2.05) is 0 Å². The second-order valence-electron chi connectivity index (χ2n) is 9.85. The van der Waals surface area contributed by atoms with Crippen molar-refractivity contribution in [3.63, 3.8) is 0 Å². The van der Waals surface area contributed by atoms with Crippen LogP contribution in [0.1, 0.15) is 35.7 Å². The molecule has 3 aliphatic carbocycles. The summed E-state index contributed by atoms with van der Waals surface area (Å²) in [5, 5.41) is 21.9. The van der Waals surface area contributed by atoms with E-state index in [0.717, 1.165) is 6.07 Å². The number of aromatic hydroxyl groups is 1. The Morgan fingerprint density at radius 3 is 2.44 bits per heavy atom. The van der Waals surface area contributed by atoms with Crippen LogP contribution in [0.15, 0.2) is 6.07 Å². The highest BCUT2D eigenvalue weighted by atomic mass is 19.1. The molecule has 3 aliphatic rings. The zero-order valence-electron chi connectivity index (χ0n) is 18.0. The minimum Gasteiger partial charge on any atom is -0.505 e. The van der Waals surface area contributed by atoms with Gasteiger partial charge in [0.15, 0.2) is 17.3 Å². The van der Waals surface area contributed by atoms with Crippen LogP contribution in [-0.2, 0) is 20.8 Å². The first-order valence-electron chi connectivity index (χ1n) is 10.3. The van der Waals surface area contributed by atoms with E-state index in [1.165, 1.54) is 4.90 Å². The van der Waals surface area contributed by atoms with Gasteiger partial charge in [-0.2, -0.15) is 0 Å². The fraction of sp³-hybridized carbons (Fsp3) is 0.545. The van der Waals surface area contributed by atoms with Gasteiger partial charge in [0.25, 0.3) is 0 Å². The van der Waals surface area contributed by atoms with Crippen molar-refractivity contribution < 1.29 is 33.8 Å². The molecule has 0 aromatic heterocycles. The average molecular weight is 447 g/mol. The summed E-state index contributed by atoms with van der Waals surface area (Å²) in [6.07, 6.45) is -0.529. The zero-order valence-corrected chi connectivity index (χ0v) is 18.0. The summed E-state index contributed by atoms with van der Waals surface area (Å²) in [5.41, 5.74) is 7.01. The number of carbonyl (C=O) groups is 4. The second-order valence-corrected chi connectivity index (χ2v) is 9.85. The summed E-state index contributed by atoms with van der Waals surface area (Å²) < 4.78 is 14.7. The highest BCUT2D eigenvalue weighted by Crippen LogP contribution is 2.57. The number of rotatable bonds is 2. The molecule has 9 nitrogen and oxygen atoms in total. The molecule has 1 aromatic carbocycles. The van der Waals surface area contributed by atoms with Crippen molar-refractivity contribution in [2.75, 3.05) is 19.8 Å². The number of hydrogen-bond acceptors (Lipinski definition) is 8. The first kappa shape index (κ1) is 22.3. The lowest BCUT2D eigenvalue weighted by atomic mass is 9.48. The molecule has 172 valence electrons. The number of amides is 1. The number of likely N-dealkylation sites (N-methyl/N-ethyl adjacent to an activating group) is 1. The Morgan fingerprint density at radius 2 is 1.88 bits per heavy atom. The third kappa shape index (κ3) is 2.75. The number of phenolic OH excluding ortho intramolecular Hbond substituents is 1. The van der Waals surface area contributed by atoms with E-state index in [-0.39, 0.29) is 29.7 Å². The molecule has 0 spiro atoms. The van der Waals surface area contributed by atoms with E-state index >= 15 is 0 Å². The molecule has 2 saturated carbocycles. The molecule has 1 aromatic rings. The van der Waals surface area contributed by atoms with Crippen LogP contribution in [0.4, 0.5) is 10.1 Å². The molecule has 10 heteroatoms. The number of aliphatic hydroxyl groups is 1. The maximum absolute atomic E-state index is 14.7. The van der Waals surface area contributed by atoms with Crippen LogP contribution in [0.2, 0.25) is 0 Å². The molecule has 2 unspecified atom stereocenters. The number of primary amides is 1. The lowest BCUT2D eigenvalue weighted by Crippen LogP contribution is -2.71. The van der Waals surface area contributed by atoms with Gasteiger partial charge < -0.3 is 21.7 Å². The number of carbonyl (C=O) groups excluding carboxylic acids is 4. The number of halogens is 1. The fourth-order valence-corrected chi connectivity index (χ4v) is 6.13. The van der Waals surface area contributed by atoms with Crippen LogP contribution in [0, 0.1) is 29.0 Å². The van der Waals surface area contributed by atoms with Crippen molar-refractivity contribution in [2.45, 2.75) is 37.8 Å². The smallest absolute Gasteiger partial charge is 0.228 e. The molecular weight excluding hydrogens is 421 g/mol.